The molecule has 2 aromatic rings. The molecule has 5 heteroatoms. The van der Waals surface area contributed by atoms with Crippen molar-refractivity contribution in [2.45, 2.75) is 0 Å². The molecular formula is C14H10BrFO2S. The van der Waals surface area contributed by atoms with Gasteiger partial charge in [0.15, 0.2) is 17.3 Å². The number of rotatable bonds is 4. The normalized spacial score (nSPS) is 10.9. The number of carbonyl (C=O) groups is 1. The molecule has 0 N–H and O–H groups in total. The Hall–Kier alpha value is -1.46. The molecule has 0 bridgehead atoms. The predicted octanol–water partition coefficient (Wildman–Crippen LogP) is 4.55. The second kappa shape index (κ2) is 6.12. The first-order valence-electron chi connectivity index (χ1n) is 5.40. The second-order valence-electron chi connectivity index (χ2n) is 3.73. The third-order valence-electron chi connectivity index (χ3n) is 2.45. The molecule has 1 aromatic heterocycles. The fraction of sp³-hybridized carbons (Fsp3) is 0.0714. The monoisotopic (exact) mass is 340 g/mol. The summed E-state index contributed by atoms with van der Waals surface area (Å²) in [5.74, 6) is -0.661. The van der Waals surface area contributed by atoms with Gasteiger partial charge in [0.05, 0.1) is 10.9 Å². The molecule has 98 valence electrons. The van der Waals surface area contributed by atoms with Crippen LogP contribution in [0.5, 0.6) is 5.75 Å². The molecule has 2 rings (SSSR count). The van der Waals surface area contributed by atoms with Crippen molar-refractivity contribution in [3.63, 3.8) is 0 Å². The Morgan fingerprint density at radius 2 is 2.21 bits per heavy atom. The summed E-state index contributed by atoms with van der Waals surface area (Å²) in [6.07, 6.45) is 3.13. The number of benzene rings is 1. The third kappa shape index (κ3) is 3.52. The summed E-state index contributed by atoms with van der Waals surface area (Å²) in [7, 11) is 1.38. The van der Waals surface area contributed by atoms with Crippen LogP contribution in [-0.2, 0) is 0 Å². The lowest BCUT2D eigenvalue weighted by atomic mass is 10.1. The van der Waals surface area contributed by atoms with E-state index in [1.54, 1.807) is 6.08 Å². The standard InChI is InChI=1S/C14H10BrFO2S/c1-18-13-5-3-10(7-11(13)16)12(17)4-2-9-6-14(15)19-8-9/h2-8H,1H3/b4-2+. The van der Waals surface area contributed by atoms with Crippen LogP contribution in [-0.4, -0.2) is 12.9 Å². The van der Waals surface area contributed by atoms with Crippen LogP contribution >= 0.6 is 27.3 Å². The van der Waals surface area contributed by atoms with Crippen molar-refractivity contribution < 1.29 is 13.9 Å². The maximum absolute atomic E-state index is 13.5. The molecule has 0 aliphatic carbocycles. The van der Waals surface area contributed by atoms with Crippen molar-refractivity contribution in [2.75, 3.05) is 7.11 Å². The fourth-order valence-corrected chi connectivity index (χ4v) is 2.64. The van der Waals surface area contributed by atoms with Gasteiger partial charge in [0.2, 0.25) is 0 Å². The fourth-order valence-electron chi connectivity index (χ4n) is 1.50. The minimum Gasteiger partial charge on any atom is -0.494 e. The Bertz CT molecular complexity index is 634. The molecule has 2 nitrogen and oxygen atoms in total. The van der Waals surface area contributed by atoms with E-state index in [2.05, 4.69) is 15.9 Å². The van der Waals surface area contributed by atoms with E-state index in [0.29, 0.717) is 5.56 Å². The van der Waals surface area contributed by atoms with Gasteiger partial charge in [0.1, 0.15) is 0 Å². The molecule has 0 saturated carbocycles. The van der Waals surface area contributed by atoms with Gasteiger partial charge < -0.3 is 4.74 Å². The number of ketones is 1. The van der Waals surface area contributed by atoms with Crippen LogP contribution in [0.4, 0.5) is 4.39 Å². The SMILES string of the molecule is COc1ccc(C(=O)/C=C/c2csc(Br)c2)cc1F. The van der Waals surface area contributed by atoms with Gasteiger partial charge in [0, 0.05) is 5.56 Å². The van der Waals surface area contributed by atoms with Gasteiger partial charge in [-0.05, 0) is 57.2 Å². The van der Waals surface area contributed by atoms with E-state index in [1.807, 2.05) is 11.4 Å². The lowest BCUT2D eigenvalue weighted by molar-refractivity contribution is 0.104. The summed E-state index contributed by atoms with van der Waals surface area (Å²) in [6, 6.07) is 6.06. The maximum atomic E-state index is 13.5. The summed E-state index contributed by atoms with van der Waals surface area (Å²) >= 11 is 4.88. The average molecular weight is 341 g/mol. The van der Waals surface area contributed by atoms with Crippen molar-refractivity contribution in [3.8, 4) is 5.75 Å². The molecule has 0 saturated heterocycles. The quantitative estimate of drug-likeness (QED) is 0.602. The molecule has 19 heavy (non-hydrogen) atoms. The molecular weight excluding hydrogens is 331 g/mol. The number of halogens is 2. The zero-order valence-corrected chi connectivity index (χ0v) is 12.4. The van der Waals surface area contributed by atoms with Crippen LogP contribution < -0.4 is 4.74 Å². The topological polar surface area (TPSA) is 26.3 Å². The number of ether oxygens (including phenoxy) is 1. The summed E-state index contributed by atoms with van der Waals surface area (Å²) in [5, 5.41) is 1.92. The Morgan fingerprint density at radius 1 is 1.42 bits per heavy atom. The highest BCUT2D eigenvalue weighted by molar-refractivity contribution is 9.11. The minimum atomic E-state index is -0.542. The van der Waals surface area contributed by atoms with Crippen LogP contribution in [0.15, 0.2) is 39.5 Å². The highest BCUT2D eigenvalue weighted by Crippen LogP contribution is 2.22. The molecule has 0 fully saturated rings. The minimum absolute atomic E-state index is 0.127. The van der Waals surface area contributed by atoms with Crippen molar-refractivity contribution in [1.29, 1.82) is 0 Å². The Labute approximate surface area is 122 Å². The number of thiophene rings is 1. The van der Waals surface area contributed by atoms with Crippen LogP contribution in [0.3, 0.4) is 0 Å². The lowest BCUT2D eigenvalue weighted by Crippen LogP contribution is -1.96. The van der Waals surface area contributed by atoms with Crippen LogP contribution in [0, 0.1) is 5.82 Å². The predicted molar refractivity (Wildman–Crippen MR) is 78.3 cm³/mol. The lowest BCUT2D eigenvalue weighted by Gasteiger charge is -2.02. The molecule has 0 unspecified atom stereocenters. The maximum Gasteiger partial charge on any atom is 0.185 e. The molecule has 0 aliphatic rings. The van der Waals surface area contributed by atoms with Crippen LogP contribution in [0.2, 0.25) is 0 Å². The summed E-state index contributed by atoms with van der Waals surface area (Å²) in [6.45, 7) is 0. The molecule has 0 radical (unpaired) electrons. The van der Waals surface area contributed by atoms with Gasteiger partial charge in [-0.3, -0.25) is 4.79 Å². The van der Waals surface area contributed by atoms with E-state index in [9.17, 15) is 9.18 Å². The number of allylic oxidation sites excluding steroid dienone is 1. The molecule has 0 amide bonds. The number of hydrogen-bond acceptors (Lipinski definition) is 3. The molecule has 1 aromatic carbocycles. The van der Waals surface area contributed by atoms with Crippen molar-refractivity contribution in [2.24, 2.45) is 0 Å². The Balaban J connectivity index is 2.16. The largest absolute Gasteiger partial charge is 0.494 e. The third-order valence-corrected chi connectivity index (χ3v) is 3.97. The van der Waals surface area contributed by atoms with E-state index < -0.39 is 5.82 Å². The van der Waals surface area contributed by atoms with Crippen molar-refractivity contribution in [3.05, 3.63) is 56.5 Å². The molecule has 0 atom stereocenters. The van der Waals surface area contributed by atoms with Gasteiger partial charge in [0.25, 0.3) is 0 Å². The van der Waals surface area contributed by atoms with Crippen molar-refractivity contribution in [1.82, 2.24) is 0 Å². The summed E-state index contributed by atoms with van der Waals surface area (Å²) in [4.78, 5) is 11.9. The zero-order valence-electron chi connectivity index (χ0n) is 10.0. The first-order chi connectivity index (χ1) is 9.10. The van der Waals surface area contributed by atoms with E-state index in [4.69, 9.17) is 4.74 Å². The van der Waals surface area contributed by atoms with Crippen molar-refractivity contribution >= 4 is 39.1 Å². The molecule has 0 spiro atoms. The Morgan fingerprint density at radius 3 is 2.79 bits per heavy atom. The number of carbonyl (C=O) groups excluding carboxylic acids is 1. The second-order valence-corrected chi connectivity index (χ2v) is 6.02. The van der Waals surface area contributed by atoms with Gasteiger partial charge in [-0.2, -0.15) is 0 Å². The van der Waals surface area contributed by atoms with E-state index in [1.165, 1.54) is 42.7 Å². The van der Waals surface area contributed by atoms with Gasteiger partial charge in [-0.15, -0.1) is 11.3 Å². The highest BCUT2D eigenvalue weighted by atomic mass is 79.9. The summed E-state index contributed by atoms with van der Waals surface area (Å²) < 4.78 is 19.3. The number of hydrogen-bond donors (Lipinski definition) is 0. The number of methoxy groups -OCH3 is 1. The highest BCUT2D eigenvalue weighted by Gasteiger charge is 2.07. The van der Waals surface area contributed by atoms with Crippen LogP contribution in [0.1, 0.15) is 15.9 Å². The summed E-state index contributed by atoms with van der Waals surface area (Å²) in [5.41, 5.74) is 1.23. The van der Waals surface area contributed by atoms with Crippen LogP contribution in [0.25, 0.3) is 6.08 Å². The molecule has 0 aliphatic heterocycles. The van der Waals surface area contributed by atoms with E-state index >= 15 is 0 Å². The molecule has 1 heterocycles. The van der Waals surface area contributed by atoms with Gasteiger partial charge in [-0.1, -0.05) is 6.08 Å². The zero-order chi connectivity index (χ0) is 13.8. The van der Waals surface area contributed by atoms with E-state index in [0.717, 1.165) is 9.35 Å². The van der Waals surface area contributed by atoms with Gasteiger partial charge >= 0.3 is 0 Å². The smallest absolute Gasteiger partial charge is 0.185 e. The van der Waals surface area contributed by atoms with E-state index in [-0.39, 0.29) is 11.5 Å². The first kappa shape index (κ1) is 14.0. The Kier molecular flexibility index (Phi) is 4.50. The first-order valence-corrected chi connectivity index (χ1v) is 7.07. The average Bonchev–Trinajstić information content (AvgIpc) is 2.81. The van der Waals surface area contributed by atoms with Gasteiger partial charge in [-0.25, -0.2) is 4.39 Å².